The summed E-state index contributed by atoms with van der Waals surface area (Å²) in [4.78, 5) is 11.5. The molecule has 1 amide bonds. The Morgan fingerprint density at radius 1 is 1.00 bits per heavy atom. The summed E-state index contributed by atoms with van der Waals surface area (Å²) in [6, 6.07) is 17.7. The van der Waals surface area contributed by atoms with E-state index in [0.29, 0.717) is 0 Å². The Labute approximate surface area is 118 Å². The second kappa shape index (κ2) is 6.61. The second-order valence-electron chi connectivity index (χ2n) is 4.62. The van der Waals surface area contributed by atoms with Crippen LogP contribution in [0.25, 0.3) is 11.1 Å². The monoisotopic (exact) mass is 270 g/mol. The van der Waals surface area contributed by atoms with Crippen molar-refractivity contribution >= 4 is 11.8 Å². The number of ether oxygens (including phenoxy) is 1. The Morgan fingerprint density at radius 2 is 1.65 bits per heavy atom. The summed E-state index contributed by atoms with van der Waals surface area (Å²) in [5.74, 6) is 0. The quantitative estimate of drug-likeness (QED) is 0.830. The summed E-state index contributed by atoms with van der Waals surface area (Å²) in [6.07, 6.45) is -0.649. The number of carbonyl (C=O) groups is 1. The zero-order valence-electron chi connectivity index (χ0n) is 11.6. The topological polar surface area (TPSA) is 50.4 Å². The molecule has 0 saturated carbocycles. The summed E-state index contributed by atoms with van der Waals surface area (Å²) in [5.41, 5.74) is 8.33. The van der Waals surface area contributed by atoms with Crippen LogP contribution in [0.3, 0.4) is 0 Å². The van der Waals surface area contributed by atoms with Gasteiger partial charge in [0, 0.05) is 5.56 Å². The van der Waals surface area contributed by atoms with Crippen LogP contribution in [0.15, 0.2) is 54.6 Å². The average molecular weight is 270 g/mol. The first kappa shape index (κ1) is 13.9. The van der Waals surface area contributed by atoms with E-state index in [2.05, 4.69) is 10.9 Å². The SMILES string of the molecule is CC(C)OC(=O)NNc1ccccc1-c1ccccc1. The number of hydrogen-bond donors (Lipinski definition) is 2. The molecule has 0 heterocycles. The number of para-hydroxylation sites is 1. The lowest BCUT2D eigenvalue weighted by molar-refractivity contribution is 0.117. The van der Waals surface area contributed by atoms with Crippen molar-refractivity contribution in [3.63, 3.8) is 0 Å². The Bertz CT molecular complexity index is 568. The standard InChI is InChI=1S/C16H18N2O2/c1-12(2)20-16(19)18-17-15-11-7-6-10-14(15)13-8-4-3-5-9-13/h3-12,17H,1-2H3,(H,18,19). The van der Waals surface area contributed by atoms with Crippen molar-refractivity contribution in [1.82, 2.24) is 5.43 Å². The van der Waals surface area contributed by atoms with Gasteiger partial charge in [-0.15, -0.1) is 0 Å². The molecule has 4 heteroatoms. The van der Waals surface area contributed by atoms with E-state index in [1.165, 1.54) is 0 Å². The van der Waals surface area contributed by atoms with Crippen LogP contribution in [0.5, 0.6) is 0 Å². The predicted octanol–water partition coefficient (Wildman–Crippen LogP) is 3.82. The van der Waals surface area contributed by atoms with Crippen LogP contribution < -0.4 is 10.9 Å². The van der Waals surface area contributed by atoms with Crippen LogP contribution in [-0.4, -0.2) is 12.2 Å². The third-order valence-electron chi connectivity index (χ3n) is 2.65. The first-order valence-corrected chi connectivity index (χ1v) is 6.54. The van der Waals surface area contributed by atoms with E-state index >= 15 is 0 Å². The van der Waals surface area contributed by atoms with E-state index in [1.807, 2.05) is 54.6 Å². The minimum Gasteiger partial charge on any atom is -0.446 e. The van der Waals surface area contributed by atoms with Crippen molar-refractivity contribution in [2.45, 2.75) is 20.0 Å². The van der Waals surface area contributed by atoms with Crippen molar-refractivity contribution in [3.05, 3.63) is 54.6 Å². The van der Waals surface area contributed by atoms with Crippen LogP contribution in [-0.2, 0) is 4.74 Å². The van der Waals surface area contributed by atoms with Gasteiger partial charge in [-0.3, -0.25) is 5.43 Å². The fraction of sp³-hybridized carbons (Fsp3) is 0.188. The number of amides is 1. The predicted molar refractivity (Wildman–Crippen MR) is 80.3 cm³/mol. The molecule has 0 aliphatic heterocycles. The largest absolute Gasteiger partial charge is 0.446 e. The molecule has 2 rings (SSSR count). The molecule has 20 heavy (non-hydrogen) atoms. The van der Waals surface area contributed by atoms with Crippen molar-refractivity contribution in [3.8, 4) is 11.1 Å². The number of rotatable bonds is 4. The Morgan fingerprint density at radius 3 is 2.35 bits per heavy atom. The summed E-state index contributed by atoms with van der Waals surface area (Å²) in [5, 5.41) is 0. The van der Waals surface area contributed by atoms with Gasteiger partial charge in [0.15, 0.2) is 0 Å². The molecule has 0 aliphatic carbocycles. The molecule has 2 aromatic rings. The number of hydrazine groups is 1. The van der Waals surface area contributed by atoms with Gasteiger partial charge in [-0.1, -0.05) is 48.5 Å². The van der Waals surface area contributed by atoms with Crippen molar-refractivity contribution in [2.24, 2.45) is 0 Å². The molecule has 104 valence electrons. The first-order valence-electron chi connectivity index (χ1n) is 6.54. The van der Waals surface area contributed by atoms with Gasteiger partial charge in [0.25, 0.3) is 0 Å². The van der Waals surface area contributed by atoms with E-state index in [9.17, 15) is 4.79 Å². The highest BCUT2D eigenvalue weighted by atomic mass is 16.6. The van der Waals surface area contributed by atoms with Gasteiger partial charge in [-0.05, 0) is 25.5 Å². The maximum absolute atomic E-state index is 11.5. The minimum absolute atomic E-state index is 0.152. The molecule has 0 fully saturated rings. The lowest BCUT2D eigenvalue weighted by Gasteiger charge is -2.14. The summed E-state index contributed by atoms with van der Waals surface area (Å²) in [7, 11) is 0. The molecule has 4 nitrogen and oxygen atoms in total. The summed E-state index contributed by atoms with van der Waals surface area (Å²) in [6.45, 7) is 3.61. The Kier molecular flexibility index (Phi) is 4.60. The van der Waals surface area contributed by atoms with Gasteiger partial charge in [0.2, 0.25) is 0 Å². The zero-order chi connectivity index (χ0) is 14.4. The smallest absolute Gasteiger partial charge is 0.426 e. The van der Waals surface area contributed by atoms with Crippen LogP contribution in [0.4, 0.5) is 10.5 Å². The van der Waals surface area contributed by atoms with Gasteiger partial charge in [0.05, 0.1) is 11.8 Å². The van der Waals surface area contributed by atoms with E-state index in [0.717, 1.165) is 16.8 Å². The maximum atomic E-state index is 11.5. The van der Waals surface area contributed by atoms with E-state index in [4.69, 9.17) is 4.74 Å². The summed E-state index contributed by atoms with van der Waals surface area (Å²) < 4.78 is 5.00. The third-order valence-corrected chi connectivity index (χ3v) is 2.65. The van der Waals surface area contributed by atoms with Gasteiger partial charge >= 0.3 is 6.09 Å². The highest BCUT2D eigenvalue weighted by molar-refractivity contribution is 5.79. The third kappa shape index (κ3) is 3.75. The molecule has 2 N–H and O–H groups in total. The maximum Gasteiger partial charge on any atom is 0.426 e. The number of carbonyl (C=O) groups excluding carboxylic acids is 1. The van der Waals surface area contributed by atoms with Gasteiger partial charge in [0.1, 0.15) is 0 Å². The molecular formula is C16H18N2O2. The number of anilines is 1. The fourth-order valence-corrected chi connectivity index (χ4v) is 1.82. The van der Waals surface area contributed by atoms with Crippen LogP contribution in [0.2, 0.25) is 0 Å². The minimum atomic E-state index is -0.497. The number of benzene rings is 2. The Balaban J connectivity index is 2.11. The van der Waals surface area contributed by atoms with Crippen LogP contribution in [0, 0.1) is 0 Å². The highest BCUT2D eigenvalue weighted by Crippen LogP contribution is 2.26. The lowest BCUT2D eigenvalue weighted by atomic mass is 10.0. The molecule has 0 radical (unpaired) electrons. The number of hydrogen-bond acceptors (Lipinski definition) is 3. The molecule has 0 unspecified atom stereocenters. The van der Waals surface area contributed by atoms with Gasteiger partial charge in [-0.25, -0.2) is 10.2 Å². The normalized spacial score (nSPS) is 10.2. The molecule has 0 saturated heterocycles. The lowest BCUT2D eigenvalue weighted by Crippen LogP contribution is -2.31. The van der Waals surface area contributed by atoms with Crippen LogP contribution in [0.1, 0.15) is 13.8 Å². The van der Waals surface area contributed by atoms with Crippen molar-refractivity contribution in [1.29, 1.82) is 0 Å². The fourth-order valence-electron chi connectivity index (χ4n) is 1.82. The molecular weight excluding hydrogens is 252 g/mol. The molecule has 0 aromatic heterocycles. The van der Waals surface area contributed by atoms with Crippen LogP contribution >= 0.6 is 0 Å². The van der Waals surface area contributed by atoms with Crippen molar-refractivity contribution in [2.75, 3.05) is 5.43 Å². The average Bonchev–Trinajstić information content (AvgIpc) is 2.46. The first-order chi connectivity index (χ1) is 9.66. The molecule has 0 bridgehead atoms. The van der Waals surface area contributed by atoms with Crippen molar-refractivity contribution < 1.29 is 9.53 Å². The van der Waals surface area contributed by atoms with Gasteiger partial charge in [-0.2, -0.15) is 0 Å². The molecule has 0 aliphatic rings. The zero-order valence-corrected chi connectivity index (χ0v) is 11.6. The second-order valence-corrected chi connectivity index (χ2v) is 4.62. The van der Waals surface area contributed by atoms with E-state index in [1.54, 1.807) is 13.8 Å². The molecule has 0 atom stereocenters. The number of nitrogens with one attached hydrogen (secondary N) is 2. The van der Waals surface area contributed by atoms with E-state index in [-0.39, 0.29) is 6.10 Å². The Hall–Kier alpha value is -2.49. The summed E-state index contributed by atoms with van der Waals surface area (Å²) >= 11 is 0. The highest BCUT2D eigenvalue weighted by Gasteiger charge is 2.07. The van der Waals surface area contributed by atoms with Gasteiger partial charge < -0.3 is 4.74 Å². The van der Waals surface area contributed by atoms with E-state index < -0.39 is 6.09 Å². The molecule has 2 aromatic carbocycles. The molecule has 0 spiro atoms.